The van der Waals surface area contributed by atoms with Gasteiger partial charge in [-0.2, -0.15) is 0 Å². The molecule has 0 amide bonds. The molecule has 0 aromatic heterocycles. The lowest BCUT2D eigenvalue weighted by Gasteiger charge is -2.23. The minimum Gasteiger partial charge on any atom is -0.493 e. The first-order chi connectivity index (χ1) is 9.33. The molecule has 1 aromatic rings. The van der Waals surface area contributed by atoms with Gasteiger partial charge in [-0.05, 0) is 43.5 Å². The van der Waals surface area contributed by atoms with Crippen molar-refractivity contribution >= 4 is 0 Å². The Labute approximate surface area is 116 Å². The van der Waals surface area contributed by atoms with E-state index in [0.29, 0.717) is 5.92 Å². The van der Waals surface area contributed by atoms with Crippen molar-refractivity contribution < 1.29 is 9.47 Å². The van der Waals surface area contributed by atoms with Crippen molar-refractivity contribution in [2.45, 2.75) is 32.6 Å². The second-order valence-electron chi connectivity index (χ2n) is 5.26. The summed E-state index contributed by atoms with van der Waals surface area (Å²) >= 11 is 0. The van der Waals surface area contributed by atoms with Crippen LogP contribution in [-0.4, -0.2) is 26.8 Å². The highest BCUT2D eigenvalue weighted by atomic mass is 16.5. The highest BCUT2D eigenvalue weighted by molar-refractivity contribution is 5.43. The van der Waals surface area contributed by atoms with Crippen LogP contribution in [0.2, 0.25) is 0 Å². The predicted molar refractivity (Wildman–Crippen MR) is 78.1 cm³/mol. The van der Waals surface area contributed by atoms with E-state index < -0.39 is 0 Å². The highest BCUT2D eigenvalue weighted by Gasteiger charge is 2.14. The van der Waals surface area contributed by atoms with Crippen LogP contribution in [0.4, 0.5) is 0 Å². The summed E-state index contributed by atoms with van der Waals surface area (Å²) in [6.45, 7) is 5.17. The van der Waals surface area contributed by atoms with Gasteiger partial charge < -0.3 is 14.8 Å². The number of piperidine rings is 1. The number of benzene rings is 1. The number of ether oxygens (including phenoxy) is 2. The Hall–Kier alpha value is -1.22. The Bertz CT molecular complexity index is 386. The van der Waals surface area contributed by atoms with Crippen molar-refractivity contribution in [3.63, 3.8) is 0 Å². The van der Waals surface area contributed by atoms with E-state index in [9.17, 15) is 0 Å². The standard InChI is InChI=1S/C16H25NO2/c1-3-5-13-7-8-15(16(10-13)18-2)19-12-14-6-4-9-17-11-14/h7-8,10,14,17H,3-6,9,11-12H2,1-2H3/t14-/m1/s1. The topological polar surface area (TPSA) is 30.5 Å². The zero-order valence-electron chi connectivity index (χ0n) is 12.1. The molecule has 3 heteroatoms. The summed E-state index contributed by atoms with van der Waals surface area (Å²) in [5, 5.41) is 3.41. The molecule has 3 nitrogen and oxygen atoms in total. The zero-order chi connectivity index (χ0) is 13.5. The maximum absolute atomic E-state index is 5.94. The van der Waals surface area contributed by atoms with E-state index in [4.69, 9.17) is 9.47 Å². The zero-order valence-corrected chi connectivity index (χ0v) is 12.1. The second-order valence-corrected chi connectivity index (χ2v) is 5.26. The minimum atomic E-state index is 0.619. The van der Waals surface area contributed by atoms with Crippen LogP contribution in [0.25, 0.3) is 0 Å². The van der Waals surface area contributed by atoms with Gasteiger partial charge in [0.2, 0.25) is 0 Å². The average Bonchev–Trinajstić information content (AvgIpc) is 2.47. The smallest absolute Gasteiger partial charge is 0.161 e. The van der Waals surface area contributed by atoms with Crippen LogP contribution in [0.5, 0.6) is 11.5 Å². The van der Waals surface area contributed by atoms with E-state index in [1.807, 2.05) is 6.07 Å². The molecule has 0 aliphatic carbocycles. The van der Waals surface area contributed by atoms with Gasteiger partial charge in [0.1, 0.15) is 0 Å². The molecular weight excluding hydrogens is 238 g/mol. The van der Waals surface area contributed by atoms with Gasteiger partial charge in [0, 0.05) is 12.5 Å². The molecular formula is C16H25NO2. The van der Waals surface area contributed by atoms with E-state index >= 15 is 0 Å². The van der Waals surface area contributed by atoms with E-state index in [1.165, 1.54) is 18.4 Å². The summed E-state index contributed by atoms with van der Waals surface area (Å²) in [7, 11) is 1.71. The van der Waals surface area contributed by atoms with Crippen molar-refractivity contribution in [1.82, 2.24) is 5.32 Å². The molecule has 1 N–H and O–H groups in total. The van der Waals surface area contributed by atoms with E-state index in [2.05, 4.69) is 24.4 Å². The van der Waals surface area contributed by atoms with Gasteiger partial charge in [-0.25, -0.2) is 0 Å². The van der Waals surface area contributed by atoms with Crippen LogP contribution in [0.1, 0.15) is 31.7 Å². The number of hydrogen-bond donors (Lipinski definition) is 1. The molecule has 0 saturated carbocycles. The van der Waals surface area contributed by atoms with Gasteiger partial charge in [-0.1, -0.05) is 19.4 Å². The summed E-state index contributed by atoms with van der Waals surface area (Å²) in [5.74, 6) is 2.34. The van der Waals surface area contributed by atoms with E-state index in [0.717, 1.165) is 44.0 Å². The molecule has 0 bridgehead atoms. The largest absolute Gasteiger partial charge is 0.493 e. The van der Waals surface area contributed by atoms with Crippen LogP contribution in [-0.2, 0) is 6.42 Å². The third-order valence-corrected chi connectivity index (χ3v) is 3.64. The molecule has 0 spiro atoms. The van der Waals surface area contributed by atoms with Crippen molar-refractivity contribution in [1.29, 1.82) is 0 Å². The molecule has 1 aromatic carbocycles. The van der Waals surface area contributed by atoms with Gasteiger partial charge in [0.05, 0.1) is 13.7 Å². The lowest BCUT2D eigenvalue weighted by atomic mass is 10.0. The SMILES string of the molecule is CCCc1ccc(OC[C@@H]2CCCNC2)c(OC)c1. The molecule has 0 radical (unpaired) electrons. The molecule has 2 rings (SSSR count). The van der Waals surface area contributed by atoms with Crippen LogP contribution < -0.4 is 14.8 Å². The lowest BCUT2D eigenvalue weighted by Crippen LogP contribution is -2.33. The third-order valence-electron chi connectivity index (χ3n) is 3.64. The van der Waals surface area contributed by atoms with Crippen LogP contribution in [0.3, 0.4) is 0 Å². The molecule has 1 aliphatic rings. The van der Waals surface area contributed by atoms with Crippen LogP contribution >= 0.6 is 0 Å². The first-order valence-corrected chi connectivity index (χ1v) is 7.34. The average molecular weight is 263 g/mol. The Morgan fingerprint density at radius 2 is 2.21 bits per heavy atom. The summed E-state index contributed by atoms with van der Waals surface area (Å²) in [4.78, 5) is 0. The molecule has 1 aliphatic heterocycles. The number of nitrogens with one attached hydrogen (secondary N) is 1. The van der Waals surface area contributed by atoms with Crippen LogP contribution in [0, 0.1) is 5.92 Å². The van der Waals surface area contributed by atoms with Gasteiger partial charge in [-0.3, -0.25) is 0 Å². The van der Waals surface area contributed by atoms with E-state index in [-0.39, 0.29) is 0 Å². The predicted octanol–water partition coefficient (Wildman–Crippen LogP) is 3.03. The molecule has 0 unspecified atom stereocenters. The Morgan fingerprint density at radius 3 is 2.89 bits per heavy atom. The Kier molecular flexibility index (Phi) is 5.52. The second kappa shape index (κ2) is 7.39. The Morgan fingerprint density at radius 1 is 1.32 bits per heavy atom. The Balaban J connectivity index is 1.94. The number of methoxy groups -OCH3 is 1. The fourth-order valence-electron chi connectivity index (χ4n) is 2.55. The lowest BCUT2D eigenvalue weighted by molar-refractivity contribution is 0.211. The maximum atomic E-state index is 5.94. The van der Waals surface area contributed by atoms with Crippen molar-refractivity contribution in [3.8, 4) is 11.5 Å². The van der Waals surface area contributed by atoms with Crippen molar-refractivity contribution in [2.24, 2.45) is 5.92 Å². The van der Waals surface area contributed by atoms with Crippen molar-refractivity contribution in [2.75, 3.05) is 26.8 Å². The fraction of sp³-hybridized carbons (Fsp3) is 0.625. The molecule has 106 valence electrons. The van der Waals surface area contributed by atoms with Crippen molar-refractivity contribution in [3.05, 3.63) is 23.8 Å². The van der Waals surface area contributed by atoms with E-state index in [1.54, 1.807) is 7.11 Å². The van der Waals surface area contributed by atoms with Gasteiger partial charge >= 0.3 is 0 Å². The molecule has 1 fully saturated rings. The van der Waals surface area contributed by atoms with Gasteiger partial charge in [0.25, 0.3) is 0 Å². The monoisotopic (exact) mass is 263 g/mol. The molecule has 1 saturated heterocycles. The normalized spacial score (nSPS) is 19.2. The number of rotatable bonds is 6. The van der Waals surface area contributed by atoms with Crippen LogP contribution in [0.15, 0.2) is 18.2 Å². The summed E-state index contributed by atoms with van der Waals surface area (Å²) in [6.07, 6.45) is 4.74. The first kappa shape index (κ1) is 14.2. The minimum absolute atomic E-state index is 0.619. The van der Waals surface area contributed by atoms with Gasteiger partial charge in [-0.15, -0.1) is 0 Å². The quantitative estimate of drug-likeness (QED) is 0.855. The summed E-state index contributed by atoms with van der Waals surface area (Å²) in [6, 6.07) is 6.28. The molecule has 1 heterocycles. The fourth-order valence-corrected chi connectivity index (χ4v) is 2.55. The summed E-state index contributed by atoms with van der Waals surface area (Å²) in [5.41, 5.74) is 1.31. The summed E-state index contributed by atoms with van der Waals surface area (Å²) < 4.78 is 11.4. The van der Waals surface area contributed by atoms with Gasteiger partial charge in [0.15, 0.2) is 11.5 Å². The third kappa shape index (κ3) is 4.13. The number of aryl methyl sites for hydroxylation is 1. The highest BCUT2D eigenvalue weighted by Crippen LogP contribution is 2.29. The molecule has 1 atom stereocenters. The maximum Gasteiger partial charge on any atom is 0.161 e. The molecule has 19 heavy (non-hydrogen) atoms. The first-order valence-electron chi connectivity index (χ1n) is 7.34. The number of hydrogen-bond acceptors (Lipinski definition) is 3.